The molecular formula is C9H17NO2. The number of rotatable bonds is 5. The molecule has 12 heavy (non-hydrogen) atoms. The molecule has 0 saturated heterocycles. The molecule has 1 aliphatic rings. The molecule has 1 saturated carbocycles. The number of likely N-dealkylation sites (N-methyl/N-ethyl adjacent to an activating group) is 1. The molecule has 0 aromatic rings. The second-order valence-corrected chi connectivity index (χ2v) is 3.47. The Kier molecular flexibility index (Phi) is 3.69. The lowest BCUT2D eigenvalue weighted by molar-refractivity contribution is -0.124. The molecule has 1 rings (SSSR count). The number of ether oxygens (including phenoxy) is 1. The van der Waals surface area contributed by atoms with Crippen molar-refractivity contribution in [1.29, 1.82) is 0 Å². The first-order valence-corrected chi connectivity index (χ1v) is 4.45. The van der Waals surface area contributed by atoms with Crippen molar-refractivity contribution >= 4 is 5.78 Å². The number of methoxy groups -OCH3 is 1. The number of hydrogen-bond acceptors (Lipinski definition) is 3. The first-order chi connectivity index (χ1) is 5.74. The van der Waals surface area contributed by atoms with Crippen molar-refractivity contribution < 1.29 is 9.53 Å². The molecule has 0 spiro atoms. The highest BCUT2D eigenvalue weighted by molar-refractivity contribution is 5.81. The highest BCUT2D eigenvalue weighted by Gasteiger charge is 2.22. The number of carbonyl (C=O) groups is 1. The predicted octanol–water partition coefficient (Wildman–Crippen LogP) is 0.686. The summed E-state index contributed by atoms with van der Waals surface area (Å²) in [5.41, 5.74) is 0. The smallest absolute Gasteiger partial charge is 0.172 e. The van der Waals surface area contributed by atoms with E-state index in [-0.39, 0.29) is 12.4 Å². The Labute approximate surface area is 73.7 Å². The largest absolute Gasteiger partial charge is 0.377 e. The van der Waals surface area contributed by atoms with Crippen molar-refractivity contribution in [2.75, 3.05) is 27.3 Å². The molecule has 0 aromatic heterocycles. The molecule has 0 amide bonds. The Morgan fingerprint density at radius 3 is 2.67 bits per heavy atom. The molecule has 0 aromatic carbocycles. The van der Waals surface area contributed by atoms with Gasteiger partial charge in [-0.3, -0.25) is 9.69 Å². The molecule has 0 atom stereocenters. The monoisotopic (exact) mass is 171 g/mol. The van der Waals surface area contributed by atoms with E-state index in [1.807, 2.05) is 7.05 Å². The number of nitrogens with zero attached hydrogens (tertiary/aromatic N) is 1. The van der Waals surface area contributed by atoms with E-state index in [1.54, 1.807) is 7.11 Å². The topological polar surface area (TPSA) is 29.5 Å². The standard InChI is InChI=1S/C9H17NO2/c1-10(8-4-3-5-8)6-9(11)7-12-2/h8H,3-7H2,1-2H3. The third-order valence-electron chi connectivity index (χ3n) is 2.43. The molecule has 0 radical (unpaired) electrons. The van der Waals surface area contributed by atoms with Crippen LogP contribution in [0.15, 0.2) is 0 Å². The van der Waals surface area contributed by atoms with Gasteiger partial charge in [0, 0.05) is 13.2 Å². The van der Waals surface area contributed by atoms with Crippen LogP contribution in [0, 0.1) is 0 Å². The molecule has 0 unspecified atom stereocenters. The molecule has 0 N–H and O–H groups in total. The summed E-state index contributed by atoms with van der Waals surface area (Å²) in [5.74, 6) is 0.173. The summed E-state index contributed by atoms with van der Waals surface area (Å²) in [7, 11) is 3.57. The zero-order chi connectivity index (χ0) is 8.97. The Morgan fingerprint density at radius 2 is 2.25 bits per heavy atom. The fourth-order valence-corrected chi connectivity index (χ4v) is 1.44. The molecule has 0 bridgehead atoms. The van der Waals surface area contributed by atoms with Crippen LogP contribution in [0.25, 0.3) is 0 Å². The van der Waals surface area contributed by atoms with Crippen molar-refractivity contribution in [2.45, 2.75) is 25.3 Å². The predicted molar refractivity (Wildman–Crippen MR) is 47.2 cm³/mol. The van der Waals surface area contributed by atoms with E-state index in [1.165, 1.54) is 19.3 Å². The minimum Gasteiger partial charge on any atom is -0.377 e. The van der Waals surface area contributed by atoms with E-state index in [9.17, 15) is 4.79 Å². The lowest BCUT2D eigenvalue weighted by Crippen LogP contribution is -2.40. The fourth-order valence-electron chi connectivity index (χ4n) is 1.44. The van der Waals surface area contributed by atoms with E-state index >= 15 is 0 Å². The zero-order valence-electron chi connectivity index (χ0n) is 7.88. The summed E-state index contributed by atoms with van der Waals surface area (Å²) in [6.45, 7) is 0.787. The minimum atomic E-state index is 0.173. The van der Waals surface area contributed by atoms with Gasteiger partial charge in [0.15, 0.2) is 5.78 Å². The SMILES string of the molecule is COCC(=O)CN(C)C1CCC1. The molecular weight excluding hydrogens is 154 g/mol. The molecule has 0 heterocycles. The second kappa shape index (κ2) is 4.58. The highest BCUT2D eigenvalue weighted by Crippen LogP contribution is 2.22. The minimum absolute atomic E-state index is 0.173. The van der Waals surface area contributed by atoms with Crippen LogP contribution in [-0.4, -0.2) is 44.0 Å². The third kappa shape index (κ3) is 2.57. The van der Waals surface area contributed by atoms with Crippen LogP contribution in [0.3, 0.4) is 0 Å². The number of ketones is 1. The Balaban J connectivity index is 2.15. The van der Waals surface area contributed by atoms with Crippen LogP contribution in [0.4, 0.5) is 0 Å². The summed E-state index contributed by atoms with van der Waals surface area (Å²) in [6, 6.07) is 0.644. The van der Waals surface area contributed by atoms with Gasteiger partial charge in [0.25, 0.3) is 0 Å². The average Bonchev–Trinajstić information content (AvgIpc) is 1.82. The van der Waals surface area contributed by atoms with Crippen LogP contribution in [0.5, 0.6) is 0 Å². The fraction of sp³-hybridized carbons (Fsp3) is 0.889. The van der Waals surface area contributed by atoms with E-state index in [4.69, 9.17) is 4.74 Å². The zero-order valence-corrected chi connectivity index (χ0v) is 7.88. The van der Waals surface area contributed by atoms with Crippen molar-refractivity contribution in [2.24, 2.45) is 0 Å². The third-order valence-corrected chi connectivity index (χ3v) is 2.43. The number of hydrogen-bond donors (Lipinski definition) is 0. The Hall–Kier alpha value is -0.410. The van der Waals surface area contributed by atoms with Crippen LogP contribution in [0.2, 0.25) is 0 Å². The van der Waals surface area contributed by atoms with Crippen molar-refractivity contribution in [3.63, 3.8) is 0 Å². The maximum atomic E-state index is 11.1. The molecule has 0 aliphatic heterocycles. The first kappa shape index (κ1) is 9.68. The van der Waals surface area contributed by atoms with Gasteiger partial charge in [0.2, 0.25) is 0 Å². The molecule has 3 nitrogen and oxygen atoms in total. The molecule has 1 aliphatic carbocycles. The highest BCUT2D eigenvalue weighted by atomic mass is 16.5. The van der Waals surface area contributed by atoms with Crippen LogP contribution in [-0.2, 0) is 9.53 Å². The van der Waals surface area contributed by atoms with E-state index in [2.05, 4.69) is 4.90 Å². The van der Waals surface area contributed by atoms with Gasteiger partial charge in [-0.05, 0) is 19.9 Å². The lowest BCUT2D eigenvalue weighted by atomic mass is 9.92. The van der Waals surface area contributed by atoms with E-state index in [0.717, 1.165) is 0 Å². The van der Waals surface area contributed by atoms with Crippen LogP contribution in [0.1, 0.15) is 19.3 Å². The van der Waals surface area contributed by atoms with Gasteiger partial charge in [-0.2, -0.15) is 0 Å². The summed E-state index contributed by atoms with van der Waals surface area (Å²) < 4.78 is 4.76. The maximum absolute atomic E-state index is 11.1. The van der Waals surface area contributed by atoms with Gasteiger partial charge in [0.1, 0.15) is 6.61 Å². The number of Topliss-reactive ketones (excluding diaryl/α,β-unsaturated/α-hetero) is 1. The second-order valence-electron chi connectivity index (χ2n) is 3.47. The number of carbonyl (C=O) groups excluding carboxylic acids is 1. The van der Waals surface area contributed by atoms with E-state index in [0.29, 0.717) is 12.6 Å². The van der Waals surface area contributed by atoms with Gasteiger partial charge in [-0.1, -0.05) is 6.42 Å². The summed E-state index contributed by atoms with van der Waals surface area (Å²) in [5, 5.41) is 0. The lowest BCUT2D eigenvalue weighted by Gasteiger charge is -2.34. The average molecular weight is 171 g/mol. The summed E-state index contributed by atoms with van der Waals surface area (Å²) >= 11 is 0. The van der Waals surface area contributed by atoms with Crippen molar-refractivity contribution in [3.05, 3.63) is 0 Å². The Bertz CT molecular complexity index is 155. The maximum Gasteiger partial charge on any atom is 0.172 e. The van der Waals surface area contributed by atoms with Crippen molar-refractivity contribution in [1.82, 2.24) is 4.90 Å². The molecule has 1 fully saturated rings. The van der Waals surface area contributed by atoms with Crippen LogP contribution < -0.4 is 0 Å². The van der Waals surface area contributed by atoms with Gasteiger partial charge in [-0.25, -0.2) is 0 Å². The van der Waals surface area contributed by atoms with Crippen molar-refractivity contribution in [3.8, 4) is 0 Å². The van der Waals surface area contributed by atoms with Gasteiger partial charge in [-0.15, -0.1) is 0 Å². The summed E-state index contributed by atoms with van der Waals surface area (Å²) in [6.07, 6.45) is 3.81. The molecule has 70 valence electrons. The first-order valence-electron chi connectivity index (χ1n) is 4.45. The van der Waals surface area contributed by atoms with Gasteiger partial charge in [0.05, 0.1) is 6.54 Å². The quantitative estimate of drug-likeness (QED) is 0.609. The van der Waals surface area contributed by atoms with Gasteiger partial charge < -0.3 is 4.74 Å². The Morgan fingerprint density at radius 1 is 1.58 bits per heavy atom. The van der Waals surface area contributed by atoms with E-state index < -0.39 is 0 Å². The molecule has 3 heteroatoms. The van der Waals surface area contributed by atoms with Gasteiger partial charge >= 0.3 is 0 Å². The normalized spacial score (nSPS) is 17.9. The summed E-state index contributed by atoms with van der Waals surface area (Å²) in [4.78, 5) is 13.3. The van der Waals surface area contributed by atoms with Crippen LogP contribution >= 0.6 is 0 Å².